The molecule has 0 fully saturated rings. The zero-order chi connectivity index (χ0) is 10.2. The van der Waals surface area contributed by atoms with Crippen LogP contribution in [0.2, 0.25) is 0 Å². The highest BCUT2D eigenvalue weighted by Crippen LogP contribution is 2.28. The molecule has 2 atom stereocenters. The molecule has 0 aromatic rings. The number of hydrogen-bond donors (Lipinski definition) is 1. The molecule has 2 aliphatic rings. The monoisotopic (exact) mass is 190 g/mol. The number of rotatable bonds is 1. The van der Waals surface area contributed by atoms with Crippen molar-refractivity contribution in [3.8, 4) is 0 Å². The van der Waals surface area contributed by atoms with E-state index in [1.807, 2.05) is 6.20 Å². The summed E-state index contributed by atoms with van der Waals surface area (Å²) < 4.78 is 0. The normalized spacial score (nSPS) is 29.8. The number of nitrogens with one attached hydrogen (secondary N) is 1. The van der Waals surface area contributed by atoms with Crippen LogP contribution in [0.15, 0.2) is 29.0 Å². The van der Waals surface area contributed by atoms with E-state index >= 15 is 0 Å². The Bertz CT molecular complexity index is 305. The fourth-order valence-electron chi connectivity index (χ4n) is 1.89. The van der Waals surface area contributed by atoms with Crippen LogP contribution < -0.4 is 5.32 Å². The van der Waals surface area contributed by atoms with Crippen molar-refractivity contribution >= 4 is 6.21 Å². The lowest BCUT2D eigenvalue weighted by Gasteiger charge is -2.23. The molecule has 2 rings (SSSR count). The van der Waals surface area contributed by atoms with Gasteiger partial charge in [-0.05, 0) is 24.1 Å². The van der Waals surface area contributed by atoms with Gasteiger partial charge in [0.1, 0.15) is 0 Å². The number of allylic oxidation sites excluding steroid dienone is 1. The first-order valence-electron chi connectivity index (χ1n) is 5.22. The smallest absolute Gasteiger partial charge is 0.0572 e. The van der Waals surface area contributed by atoms with Crippen LogP contribution in [0.1, 0.15) is 27.2 Å². The Morgan fingerprint density at radius 3 is 2.93 bits per heavy atom. The van der Waals surface area contributed by atoms with Gasteiger partial charge in [0.15, 0.2) is 0 Å². The summed E-state index contributed by atoms with van der Waals surface area (Å²) in [7, 11) is 0. The van der Waals surface area contributed by atoms with Crippen molar-refractivity contribution < 1.29 is 0 Å². The van der Waals surface area contributed by atoms with Gasteiger partial charge in [0, 0.05) is 17.8 Å². The second-order valence-corrected chi connectivity index (χ2v) is 5.30. The second-order valence-electron chi connectivity index (χ2n) is 5.30. The van der Waals surface area contributed by atoms with E-state index in [9.17, 15) is 0 Å². The van der Waals surface area contributed by atoms with E-state index in [1.165, 1.54) is 5.70 Å². The van der Waals surface area contributed by atoms with Crippen LogP contribution in [-0.2, 0) is 0 Å². The number of aliphatic imine (C=N–C) groups is 1. The average molecular weight is 190 g/mol. The summed E-state index contributed by atoms with van der Waals surface area (Å²) in [6.07, 6.45) is 9.56. The third-order valence-electron chi connectivity index (χ3n) is 2.52. The Morgan fingerprint density at radius 2 is 2.21 bits per heavy atom. The van der Waals surface area contributed by atoms with Gasteiger partial charge in [0.25, 0.3) is 0 Å². The molecular weight excluding hydrogens is 172 g/mol. The molecule has 0 aliphatic carbocycles. The van der Waals surface area contributed by atoms with Crippen molar-refractivity contribution in [2.24, 2.45) is 16.3 Å². The fourth-order valence-corrected chi connectivity index (χ4v) is 1.89. The zero-order valence-electron chi connectivity index (χ0n) is 9.12. The van der Waals surface area contributed by atoms with Crippen LogP contribution in [0.25, 0.3) is 0 Å². The Hall–Kier alpha value is -1.05. The highest BCUT2D eigenvalue weighted by Gasteiger charge is 2.24. The second kappa shape index (κ2) is 3.26. The van der Waals surface area contributed by atoms with E-state index in [2.05, 4.69) is 49.4 Å². The third kappa shape index (κ3) is 2.06. The summed E-state index contributed by atoms with van der Waals surface area (Å²) in [4.78, 5) is 4.50. The molecule has 0 amide bonds. The molecule has 0 bridgehead atoms. The van der Waals surface area contributed by atoms with E-state index in [1.54, 1.807) is 0 Å². The van der Waals surface area contributed by atoms with Crippen LogP contribution >= 0.6 is 0 Å². The lowest BCUT2D eigenvalue weighted by molar-refractivity contribution is 0.405. The molecule has 2 aliphatic heterocycles. The highest BCUT2D eigenvalue weighted by molar-refractivity contribution is 5.69. The Kier molecular flexibility index (Phi) is 2.22. The Morgan fingerprint density at radius 1 is 1.43 bits per heavy atom. The molecule has 1 N–H and O–H groups in total. The van der Waals surface area contributed by atoms with Crippen molar-refractivity contribution in [3.63, 3.8) is 0 Å². The molecule has 2 unspecified atom stereocenters. The molecular formula is C12H18N2. The van der Waals surface area contributed by atoms with E-state index < -0.39 is 0 Å². The van der Waals surface area contributed by atoms with Gasteiger partial charge in [0.05, 0.1) is 6.04 Å². The largest absolute Gasteiger partial charge is 0.384 e. The molecule has 0 aromatic carbocycles. The molecule has 2 heteroatoms. The fraction of sp³-hybridized carbons (Fsp3) is 0.583. The predicted molar refractivity (Wildman–Crippen MR) is 60.2 cm³/mol. The predicted octanol–water partition coefficient (Wildman–Crippen LogP) is 2.49. The van der Waals surface area contributed by atoms with Crippen molar-refractivity contribution in [1.82, 2.24) is 5.32 Å². The van der Waals surface area contributed by atoms with Crippen LogP contribution in [0.5, 0.6) is 0 Å². The minimum Gasteiger partial charge on any atom is -0.384 e. The Balaban J connectivity index is 2.06. The summed E-state index contributed by atoms with van der Waals surface area (Å²) >= 11 is 0. The van der Waals surface area contributed by atoms with Gasteiger partial charge in [-0.1, -0.05) is 26.8 Å². The van der Waals surface area contributed by atoms with Crippen molar-refractivity contribution in [1.29, 1.82) is 0 Å². The van der Waals surface area contributed by atoms with E-state index in [0.717, 1.165) is 6.42 Å². The van der Waals surface area contributed by atoms with Crippen LogP contribution in [0, 0.1) is 11.3 Å². The van der Waals surface area contributed by atoms with Gasteiger partial charge in [-0.15, -0.1) is 0 Å². The maximum absolute atomic E-state index is 4.50. The first kappa shape index (κ1) is 9.50. The molecule has 0 spiro atoms. The molecule has 2 nitrogen and oxygen atoms in total. The van der Waals surface area contributed by atoms with Gasteiger partial charge in [-0.2, -0.15) is 0 Å². The van der Waals surface area contributed by atoms with Gasteiger partial charge in [-0.25, -0.2) is 0 Å². The number of fused-ring (bicyclic) bond motifs is 1. The maximum Gasteiger partial charge on any atom is 0.0572 e. The summed E-state index contributed by atoms with van der Waals surface area (Å²) in [5.41, 5.74) is 1.54. The number of hydrogen-bond acceptors (Lipinski definition) is 2. The lowest BCUT2D eigenvalue weighted by Crippen LogP contribution is -2.28. The summed E-state index contributed by atoms with van der Waals surface area (Å²) in [5, 5.41) is 3.33. The lowest BCUT2D eigenvalue weighted by atomic mass is 9.88. The summed E-state index contributed by atoms with van der Waals surface area (Å²) in [5.74, 6) is 0.471. The quantitative estimate of drug-likeness (QED) is 0.675. The molecule has 0 saturated carbocycles. The van der Waals surface area contributed by atoms with Gasteiger partial charge >= 0.3 is 0 Å². The van der Waals surface area contributed by atoms with E-state index in [-0.39, 0.29) is 0 Å². The topological polar surface area (TPSA) is 24.4 Å². The van der Waals surface area contributed by atoms with E-state index in [0.29, 0.717) is 17.4 Å². The van der Waals surface area contributed by atoms with Gasteiger partial charge in [0.2, 0.25) is 0 Å². The first-order valence-corrected chi connectivity index (χ1v) is 5.22. The SMILES string of the molecule is CC(C)(C)CC1=CC2NC=CC2C=N1. The third-order valence-corrected chi connectivity index (χ3v) is 2.52. The minimum absolute atomic E-state index is 0.321. The first-order chi connectivity index (χ1) is 6.54. The van der Waals surface area contributed by atoms with E-state index in [4.69, 9.17) is 0 Å². The molecule has 2 heterocycles. The van der Waals surface area contributed by atoms with Crippen molar-refractivity contribution in [2.75, 3.05) is 0 Å². The van der Waals surface area contributed by atoms with Crippen LogP contribution in [0.4, 0.5) is 0 Å². The molecule has 76 valence electrons. The Labute approximate surface area is 85.8 Å². The molecule has 0 saturated heterocycles. The van der Waals surface area contributed by atoms with Crippen molar-refractivity contribution in [2.45, 2.75) is 33.2 Å². The minimum atomic E-state index is 0.321. The average Bonchev–Trinajstić information content (AvgIpc) is 2.47. The van der Waals surface area contributed by atoms with Crippen LogP contribution in [0.3, 0.4) is 0 Å². The standard InChI is InChI=1S/C12H18N2/c1-12(2,3)7-10-6-11-9(8-14-10)4-5-13-11/h4-6,8-9,11,13H,7H2,1-3H3. The van der Waals surface area contributed by atoms with Gasteiger partial charge < -0.3 is 5.32 Å². The summed E-state index contributed by atoms with van der Waals surface area (Å²) in [6.45, 7) is 6.74. The summed E-state index contributed by atoms with van der Waals surface area (Å²) in [6, 6.07) is 0.449. The molecule has 0 radical (unpaired) electrons. The van der Waals surface area contributed by atoms with Crippen molar-refractivity contribution in [3.05, 3.63) is 24.0 Å². The maximum atomic E-state index is 4.50. The highest BCUT2D eigenvalue weighted by atomic mass is 14.9. The molecule has 14 heavy (non-hydrogen) atoms. The van der Waals surface area contributed by atoms with Gasteiger partial charge in [-0.3, -0.25) is 4.99 Å². The van der Waals surface area contributed by atoms with Crippen LogP contribution in [-0.4, -0.2) is 12.3 Å². The number of nitrogens with zero attached hydrogens (tertiary/aromatic N) is 1. The zero-order valence-corrected chi connectivity index (χ0v) is 9.12. The molecule has 0 aromatic heterocycles.